The van der Waals surface area contributed by atoms with Crippen molar-refractivity contribution in [3.8, 4) is 0 Å². The van der Waals surface area contributed by atoms with Gasteiger partial charge in [-0.05, 0) is 38.3 Å². The van der Waals surface area contributed by atoms with Crippen molar-refractivity contribution in [2.45, 2.75) is 38.8 Å². The quantitative estimate of drug-likeness (QED) is 0.790. The van der Waals surface area contributed by atoms with Crippen molar-refractivity contribution in [1.82, 2.24) is 9.36 Å². The van der Waals surface area contributed by atoms with E-state index in [1.165, 1.54) is 16.3 Å². The molecule has 2 aromatic rings. The molecule has 0 bridgehead atoms. The number of hydrogen-bond donors (Lipinski definition) is 0. The first-order chi connectivity index (χ1) is 9.61. The topological polar surface area (TPSA) is 61.1 Å². The summed E-state index contributed by atoms with van der Waals surface area (Å²) in [6.07, 6.45) is 2.27. The fraction of sp³-hybridized carbons (Fsp3) is 0.400. The first-order valence-electron chi connectivity index (χ1n) is 6.86. The van der Waals surface area contributed by atoms with Crippen LogP contribution in [-0.4, -0.2) is 15.1 Å². The molecule has 0 spiro atoms. The van der Waals surface area contributed by atoms with E-state index in [0.29, 0.717) is 23.7 Å². The molecule has 5 heteroatoms. The maximum atomic E-state index is 12.6. The zero-order chi connectivity index (χ0) is 14.3. The summed E-state index contributed by atoms with van der Waals surface area (Å²) in [7, 11) is 0. The van der Waals surface area contributed by atoms with Crippen molar-refractivity contribution in [2.75, 3.05) is 0 Å². The Morgan fingerprint density at radius 3 is 2.40 bits per heavy atom. The molecule has 0 N–H and O–H groups in total. The SMILES string of the molecule is CC(=O)C1CCCCn2c(=O)c3ccccc3c(=O)n21. The molecular weight excluding hydrogens is 256 g/mol. The summed E-state index contributed by atoms with van der Waals surface area (Å²) in [5.74, 6) is -0.0718. The average Bonchev–Trinajstić information content (AvgIpc) is 2.67. The monoisotopic (exact) mass is 272 g/mol. The molecule has 1 atom stereocenters. The van der Waals surface area contributed by atoms with Crippen LogP contribution < -0.4 is 11.1 Å². The number of hydrogen-bond acceptors (Lipinski definition) is 3. The molecule has 0 amide bonds. The van der Waals surface area contributed by atoms with E-state index in [-0.39, 0.29) is 16.9 Å². The van der Waals surface area contributed by atoms with Crippen molar-refractivity contribution in [2.24, 2.45) is 0 Å². The Morgan fingerprint density at radius 2 is 1.75 bits per heavy atom. The molecule has 1 aliphatic heterocycles. The Balaban J connectivity index is 2.46. The molecule has 1 unspecified atom stereocenters. The number of rotatable bonds is 1. The Labute approximate surface area is 115 Å². The normalized spacial score (nSPS) is 18.6. The fourth-order valence-electron chi connectivity index (χ4n) is 2.94. The van der Waals surface area contributed by atoms with E-state index in [0.717, 1.165) is 12.8 Å². The third-order valence-corrected chi connectivity index (χ3v) is 3.95. The van der Waals surface area contributed by atoms with Gasteiger partial charge < -0.3 is 0 Å². The number of carbonyl (C=O) groups is 1. The zero-order valence-corrected chi connectivity index (χ0v) is 11.3. The zero-order valence-electron chi connectivity index (χ0n) is 11.3. The molecule has 1 aliphatic rings. The van der Waals surface area contributed by atoms with Crippen LogP contribution in [0.2, 0.25) is 0 Å². The van der Waals surface area contributed by atoms with Crippen LogP contribution in [-0.2, 0) is 11.3 Å². The summed E-state index contributed by atoms with van der Waals surface area (Å²) in [6, 6.07) is 6.28. The van der Waals surface area contributed by atoms with Gasteiger partial charge in [-0.1, -0.05) is 12.1 Å². The van der Waals surface area contributed by atoms with E-state index in [4.69, 9.17) is 0 Å². The van der Waals surface area contributed by atoms with Crippen molar-refractivity contribution < 1.29 is 4.79 Å². The van der Waals surface area contributed by atoms with Gasteiger partial charge in [-0.15, -0.1) is 0 Å². The number of aromatic nitrogens is 2. The molecular formula is C15H16N2O3. The van der Waals surface area contributed by atoms with Gasteiger partial charge in [-0.3, -0.25) is 14.4 Å². The van der Waals surface area contributed by atoms with E-state index in [2.05, 4.69) is 0 Å². The lowest BCUT2D eigenvalue weighted by molar-refractivity contribution is -0.120. The Morgan fingerprint density at radius 1 is 1.10 bits per heavy atom. The second-order valence-corrected chi connectivity index (χ2v) is 5.25. The highest BCUT2D eigenvalue weighted by atomic mass is 16.2. The van der Waals surface area contributed by atoms with E-state index < -0.39 is 6.04 Å². The molecule has 0 radical (unpaired) electrons. The minimum atomic E-state index is -0.526. The van der Waals surface area contributed by atoms with E-state index in [9.17, 15) is 14.4 Å². The number of nitrogens with zero attached hydrogens (tertiary/aromatic N) is 2. The lowest BCUT2D eigenvalue weighted by Gasteiger charge is -2.19. The van der Waals surface area contributed by atoms with Crippen LogP contribution in [0.25, 0.3) is 10.8 Å². The van der Waals surface area contributed by atoms with E-state index >= 15 is 0 Å². The number of benzene rings is 1. The van der Waals surface area contributed by atoms with Crippen LogP contribution in [0.3, 0.4) is 0 Å². The second kappa shape index (κ2) is 4.74. The minimum Gasteiger partial charge on any atom is -0.298 e. The maximum absolute atomic E-state index is 12.6. The number of Topliss-reactive ketones (excluding diaryl/α,β-unsaturated/α-hetero) is 1. The van der Waals surface area contributed by atoms with Crippen LogP contribution in [0.1, 0.15) is 32.2 Å². The first kappa shape index (κ1) is 12.8. The van der Waals surface area contributed by atoms with Gasteiger partial charge in [0.1, 0.15) is 6.04 Å². The molecule has 0 aliphatic carbocycles. The van der Waals surface area contributed by atoms with Crippen LogP contribution in [0.5, 0.6) is 0 Å². The van der Waals surface area contributed by atoms with Crippen LogP contribution in [0.4, 0.5) is 0 Å². The van der Waals surface area contributed by atoms with Gasteiger partial charge >= 0.3 is 0 Å². The van der Waals surface area contributed by atoms with Crippen molar-refractivity contribution in [3.05, 3.63) is 45.0 Å². The minimum absolute atomic E-state index is 0.0718. The highest BCUT2D eigenvalue weighted by Gasteiger charge is 2.25. The molecule has 3 rings (SSSR count). The first-order valence-corrected chi connectivity index (χ1v) is 6.86. The van der Waals surface area contributed by atoms with Gasteiger partial charge in [-0.25, -0.2) is 9.36 Å². The lowest BCUT2D eigenvalue weighted by atomic mass is 10.1. The number of fused-ring (bicyclic) bond motifs is 2. The van der Waals surface area contributed by atoms with Gasteiger partial charge in [0.15, 0.2) is 5.78 Å². The summed E-state index contributed by atoms with van der Waals surface area (Å²) in [5, 5.41) is 0.819. The molecule has 0 fully saturated rings. The Kier molecular flexibility index (Phi) is 3.04. The van der Waals surface area contributed by atoms with Gasteiger partial charge in [0.2, 0.25) is 0 Å². The predicted octanol–water partition coefficient (Wildman–Crippen LogP) is 1.48. The molecule has 1 aromatic carbocycles. The third kappa shape index (κ3) is 1.81. The predicted molar refractivity (Wildman–Crippen MR) is 76.0 cm³/mol. The summed E-state index contributed by atoms with van der Waals surface area (Å²) >= 11 is 0. The number of carbonyl (C=O) groups excluding carboxylic acids is 1. The van der Waals surface area contributed by atoms with Gasteiger partial charge in [0, 0.05) is 6.54 Å². The molecule has 1 aromatic heterocycles. The maximum Gasteiger partial charge on any atom is 0.273 e. The fourth-order valence-corrected chi connectivity index (χ4v) is 2.94. The van der Waals surface area contributed by atoms with Crippen molar-refractivity contribution >= 4 is 16.6 Å². The van der Waals surface area contributed by atoms with E-state index in [1.807, 2.05) is 0 Å². The smallest absolute Gasteiger partial charge is 0.273 e. The van der Waals surface area contributed by atoms with Gasteiger partial charge in [-0.2, -0.15) is 0 Å². The Bertz CT molecular complexity index is 801. The highest BCUT2D eigenvalue weighted by molar-refractivity contribution is 5.82. The molecule has 20 heavy (non-hydrogen) atoms. The standard InChI is InChI=1S/C15H16N2O3/c1-10(18)13-8-4-5-9-16-14(19)11-6-2-3-7-12(11)15(20)17(13)16/h2-3,6-7,13H,4-5,8-9H2,1H3. The molecule has 0 saturated heterocycles. The molecule has 0 saturated carbocycles. The number of ketones is 1. The largest absolute Gasteiger partial charge is 0.298 e. The summed E-state index contributed by atoms with van der Waals surface area (Å²) in [5.41, 5.74) is -0.435. The van der Waals surface area contributed by atoms with Crippen molar-refractivity contribution in [1.29, 1.82) is 0 Å². The van der Waals surface area contributed by atoms with Crippen LogP contribution >= 0.6 is 0 Å². The summed E-state index contributed by atoms with van der Waals surface area (Å²) < 4.78 is 2.82. The van der Waals surface area contributed by atoms with Gasteiger partial charge in [0.25, 0.3) is 11.1 Å². The van der Waals surface area contributed by atoms with Gasteiger partial charge in [0.05, 0.1) is 10.8 Å². The van der Waals surface area contributed by atoms with Crippen LogP contribution in [0, 0.1) is 0 Å². The summed E-state index contributed by atoms with van der Waals surface area (Å²) in [4.78, 5) is 37.0. The molecule has 2 heterocycles. The lowest BCUT2D eigenvalue weighted by Crippen LogP contribution is -2.41. The third-order valence-electron chi connectivity index (χ3n) is 3.95. The highest BCUT2D eigenvalue weighted by Crippen LogP contribution is 2.19. The van der Waals surface area contributed by atoms with E-state index in [1.54, 1.807) is 24.3 Å². The van der Waals surface area contributed by atoms with Crippen LogP contribution in [0.15, 0.2) is 33.9 Å². The Hall–Kier alpha value is -2.17. The average molecular weight is 272 g/mol. The second-order valence-electron chi connectivity index (χ2n) is 5.25. The summed E-state index contributed by atoms with van der Waals surface area (Å²) in [6.45, 7) is 1.97. The molecule has 5 nitrogen and oxygen atoms in total. The van der Waals surface area contributed by atoms with Crippen molar-refractivity contribution in [3.63, 3.8) is 0 Å². The molecule has 104 valence electrons.